The van der Waals surface area contributed by atoms with Crippen LogP contribution in [0.15, 0.2) is 16.5 Å². The van der Waals surface area contributed by atoms with Crippen LogP contribution in [0.2, 0.25) is 0 Å². The second-order valence-corrected chi connectivity index (χ2v) is 6.40. The van der Waals surface area contributed by atoms with Crippen LogP contribution in [-0.2, 0) is 6.54 Å². The van der Waals surface area contributed by atoms with Gasteiger partial charge in [0.1, 0.15) is 5.76 Å². The molecule has 2 rings (SSSR count). The fraction of sp³-hybridized carbons (Fsp3) is 0.583. The molecule has 2 atom stereocenters. The van der Waals surface area contributed by atoms with Crippen molar-refractivity contribution in [2.75, 3.05) is 13.1 Å². The molecule has 1 saturated heterocycles. The summed E-state index contributed by atoms with van der Waals surface area (Å²) < 4.78 is 5.27. The second-order valence-electron chi connectivity index (χ2n) is 4.52. The van der Waals surface area contributed by atoms with Gasteiger partial charge in [-0.25, -0.2) is 4.79 Å². The Balaban J connectivity index is 1.97. The Morgan fingerprint density at radius 3 is 2.65 bits per heavy atom. The first-order valence-electron chi connectivity index (χ1n) is 5.74. The molecule has 0 amide bonds. The summed E-state index contributed by atoms with van der Waals surface area (Å²) in [7, 11) is 0. The fourth-order valence-corrected chi connectivity index (χ4v) is 3.60. The Kier molecular flexibility index (Phi) is 3.79. The molecule has 17 heavy (non-hydrogen) atoms. The molecule has 2 heterocycles. The maximum atomic E-state index is 10.7. The first-order valence-corrected chi connectivity index (χ1v) is 6.68. The van der Waals surface area contributed by atoms with Crippen molar-refractivity contribution >= 4 is 17.7 Å². The lowest BCUT2D eigenvalue weighted by atomic mass is 10.3. The van der Waals surface area contributed by atoms with E-state index in [2.05, 4.69) is 18.7 Å². The minimum Gasteiger partial charge on any atom is -0.475 e. The van der Waals surface area contributed by atoms with Crippen molar-refractivity contribution in [1.82, 2.24) is 4.90 Å². The van der Waals surface area contributed by atoms with Crippen LogP contribution >= 0.6 is 11.8 Å². The van der Waals surface area contributed by atoms with E-state index in [0.29, 0.717) is 17.0 Å². The topological polar surface area (TPSA) is 53.7 Å². The van der Waals surface area contributed by atoms with Crippen molar-refractivity contribution in [3.63, 3.8) is 0 Å². The molecule has 94 valence electrons. The number of carbonyl (C=O) groups is 1. The van der Waals surface area contributed by atoms with Gasteiger partial charge < -0.3 is 9.52 Å². The third-order valence-corrected chi connectivity index (χ3v) is 3.97. The normalized spacial score (nSPS) is 26.0. The zero-order valence-corrected chi connectivity index (χ0v) is 10.9. The van der Waals surface area contributed by atoms with Gasteiger partial charge in [0.15, 0.2) is 0 Å². The molecule has 0 radical (unpaired) electrons. The number of nitrogens with zero attached hydrogens (tertiary/aromatic N) is 1. The van der Waals surface area contributed by atoms with Crippen LogP contribution in [-0.4, -0.2) is 39.6 Å². The van der Waals surface area contributed by atoms with Gasteiger partial charge in [-0.15, -0.1) is 0 Å². The van der Waals surface area contributed by atoms with Crippen molar-refractivity contribution in [1.29, 1.82) is 0 Å². The lowest BCUT2D eigenvalue weighted by molar-refractivity contribution is 0.0658. The largest absolute Gasteiger partial charge is 0.475 e. The highest BCUT2D eigenvalue weighted by Crippen LogP contribution is 2.25. The Bertz CT molecular complexity index is 394. The molecule has 0 aromatic carbocycles. The maximum absolute atomic E-state index is 10.7. The van der Waals surface area contributed by atoms with E-state index >= 15 is 0 Å². The van der Waals surface area contributed by atoms with Crippen molar-refractivity contribution in [2.45, 2.75) is 30.9 Å². The Morgan fingerprint density at radius 2 is 2.12 bits per heavy atom. The van der Waals surface area contributed by atoms with Crippen molar-refractivity contribution in [2.24, 2.45) is 0 Å². The molecule has 0 saturated carbocycles. The molecule has 1 aromatic heterocycles. The second kappa shape index (κ2) is 5.14. The maximum Gasteiger partial charge on any atom is 0.371 e. The summed E-state index contributed by atoms with van der Waals surface area (Å²) in [5.41, 5.74) is 0. The lowest BCUT2D eigenvalue weighted by Crippen LogP contribution is -2.39. The molecule has 1 N–H and O–H groups in total. The summed E-state index contributed by atoms with van der Waals surface area (Å²) in [5, 5.41) is 10.0. The van der Waals surface area contributed by atoms with Crippen molar-refractivity contribution in [3.05, 3.63) is 23.7 Å². The zero-order valence-electron chi connectivity index (χ0n) is 10.0. The number of rotatable bonds is 3. The molecule has 1 aromatic rings. The van der Waals surface area contributed by atoms with Gasteiger partial charge >= 0.3 is 5.97 Å². The molecule has 1 aliphatic rings. The van der Waals surface area contributed by atoms with Crippen LogP contribution in [0.5, 0.6) is 0 Å². The number of thioether (sulfide) groups is 1. The van der Waals surface area contributed by atoms with Crippen LogP contribution in [0.25, 0.3) is 0 Å². The van der Waals surface area contributed by atoms with Gasteiger partial charge in [0.2, 0.25) is 5.76 Å². The molecule has 2 unspecified atom stereocenters. The summed E-state index contributed by atoms with van der Waals surface area (Å²) in [6.45, 7) is 7.19. The average Bonchev–Trinajstić information content (AvgIpc) is 2.64. The van der Waals surface area contributed by atoms with Crippen LogP contribution in [0.4, 0.5) is 0 Å². The molecule has 5 heteroatoms. The predicted molar refractivity (Wildman–Crippen MR) is 67.5 cm³/mol. The first-order chi connectivity index (χ1) is 8.04. The molecule has 1 fully saturated rings. The number of hydrogen-bond donors (Lipinski definition) is 1. The summed E-state index contributed by atoms with van der Waals surface area (Å²) in [6.07, 6.45) is 0. The van der Waals surface area contributed by atoms with Crippen LogP contribution in [0, 0.1) is 0 Å². The van der Waals surface area contributed by atoms with E-state index in [1.807, 2.05) is 11.8 Å². The third-order valence-electron chi connectivity index (χ3n) is 2.75. The minimum atomic E-state index is -1.01. The molecule has 0 spiro atoms. The van der Waals surface area contributed by atoms with E-state index < -0.39 is 5.97 Å². The number of carboxylic acids is 1. The van der Waals surface area contributed by atoms with Gasteiger partial charge in [-0.2, -0.15) is 11.8 Å². The first kappa shape index (κ1) is 12.5. The summed E-state index contributed by atoms with van der Waals surface area (Å²) in [6, 6.07) is 3.27. The molecule has 1 aliphatic heterocycles. The van der Waals surface area contributed by atoms with Crippen LogP contribution in [0.3, 0.4) is 0 Å². The van der Waals surface area contributed by atoms with Gasteiger partial charge in [0.05, 0.1) is 6.54 Å². The van der Waals surface area contributed by atoms with E-state index in [-0.39, 0.29) is 5.76 Å². The standard InChI is InChI=1S/C12H17NO3S/c1-8-5-13(6-9(2)17-8)7-10-3-4-11(16-10)12(14)15/h3-4,8-9H,5-7H2,1-2H3,(H,14,15). The van der Waals surface area contributed by atoms with Gasteiger partial charge in [-0.1, -0.05) is 13.8 Å². The predicted octanol–water partition coefficient (Wildman–Crippen LogP) is 2.30. The van der Waals surface area contributed by atoms with Crippen LogP contribution in [0.1, 0.15) is 30.2 Å². The molecule has 4 nitrogen and oxygen atoms in total. The number of aromatic carboxylic acids is 1. The van der Waals surface area contributed by atoms with E-state index in [0.717, 1.165) is 18.8 Å². The minimum absolute atomic E-state index is 0.0208. The van der Waals surface area contributed by atoms with Gasteiger partial charge in [0, 0.05) is 23.6 Å². The smallest absolute Gasteiger partial charge is 0.371 e. The average molecular weight is 255 g/mol. The molecule has 0 aliphatic carbocycles. The van der Waals surface area contributed by atoms with Crippen molar-refractivity contribution < 1.29 is 14.3 Å². The van der Waals surface area contributed by atoms with Gasteiger partial charge in [-0.05, 0) is 12.1 Å². The zero-order chi connectivity index (χ0) is 12.4. The summed E-state index contributed by atoms with van der Waals surface area (Å²) >= 11 is 2.00. The highest BCUT2D eigenvalue weighted by atomic mass is 32.2. The van der Waals surface area contributed by atoms with Crippen LogP contribution < -0.4 is 0 Å². The monoisotopic (exact) mass is 255 g/mol. The molecular weight excluding hydrogens is 238 g/mol. The SMILES string of the molecule is CC1CN(Cc2ccc(C(=O)O)o2)CC(C)S1. The van der Waals surface area contributed by atoms with Crippen molar-refractivity contribution in [3.8, 4) is 0 Å². The van der Waals surface area contributed by atoms with E-state index in [4.69, 9.17) is 9.52 Å². The van der Waals surface area contributed by atoms with Gasteiger partial charge in [0.25, 0.3) is 0 Å². The fourth-order valence-electron chi connectivity index (χ4n) is 2.21. The number of furan rings is 1. The van der Waals surface area contributed by atoms with E-state index in [1.54, 1.807) is 6.07 Å². The summed E-state index contributed by atoms with van der Waals surface area (Å²) in [4.78, 5) is 13.0. The lowest BCUT2D eigenvalue weighted by Gasteiger charge is -2.33. The summed E-state index contributed by atoms with van der Waals surface area (Å²) in [5.74, 6) is -0.256. The Labute approximate surface area is 105 Å². The van der Waals surface area contributed by atoms with E-state index in [9.17, 15) is 4.79 Å². The highest BCUT2D eigenvalue weighted by molar-refractivity contribution is 8.00. The number of carboxylic acid groups (broad SMARTS) is 1. The number of hydrogen-bond acceptors (Lipinski definition) is 4. The molecule has 0 bridgehead atoms. The van der Waals surface area contributed by atoms with Gasteiger partial charge in [-0.3, -0.25) is 4.90 Å². The third kappa shape index (κ3) is 3.26. The Hall–Kier alpha value is -0.940. The Morgan fingerprint density at radius 1 is 1.47 bits per heavy atom. The molecular formula is C12H17NO3S. The van der Waals surface area contributed by atoms with E-state index in [1.165, 1.54) is 6.07 Å². The quantitative estimate of drug-likeness (QED) is 0.898. The highest BCUT2D eigenvalue weighted by Gasteiger charge is 2.23.